The van der Waals surface area contributed by atoms with Crippen LogP contribution >= 0.6 is 0 Å². The third-order valence-electron chi connectivity index (χ3n) is 3.79. The van der Waals surface area contributed by atoms with Gasteiger partial charge in [0.15, 0.2) is 0 Å². The summed E-state index contributed by atoms with van der Waals surface area (Å²) in [6, 6.07) is 7.19. The van der Waals surface area contributed by atoms with Crippen LogP contribution in [-0.2, 0) is 11.3 Å². The van der Waals surface area contributed by atoms with E-state index in [-0.39, 0.29) is 12.0 Å². The van der Waals surface area contributed by atoms with E-state index in [0.29, 0.717) is 25.3 Å². The van der Waals surface area contributed by atoms with Crippen LogP contribution in [0.2, 0.25) is 0 Å². The van der Waals surface area contributed by atoms with E-state index in [1.807, 2.05) is 22.9 Å². The van der Waals surface area contributed by atoms with Crippen molar-refractivity contribution in [3.05, 3.63) is 48.5 Å². The predicted molar refractivity (Wildman–Crippen MR) is 85.5 cm³/mol. The third kappa shape index (κ3) is 4.56. The second kappa shape index (κ2) is 7.78. The number of nitrogens with zero attached hydrogens (tertiary/aromatic N) is 2. The molecule has 1 unspecified atom stereocenters. The van der Waals surface area contributed by atoms with Gasteiger partial charge in [-0.05, 0) is 37.1 Å². The molecule has 0 radical (unpaired) electrons. The van der Waals surface area contributed by atoms with E-state index in [1.54, 1.807) is 24.7 Å². The summed E-state index contributed by atoms with van der Waals surface area (Å²) in [7, 11) is 0. The molecule has 3 rings (SSSR count). The van der Waals surface area contributed by atoms with Crippen LogP contribution in [0.5, 0.6) is 5.75 Å². The molecule has 2 aromatic rings. The Morgan fingerprint density at radius 2 is 2.26 bits per heavy atom. The lowest BCUT2D eigenvalue weighted by atomic mass is 10.2. The molecule has 122 valence electrons. The molecule has 0 aliphatic carbocycles. The fourth-order valence-corrected chi connectivity index (χ4v) is 2.49. The fraction of sp³-hybridized carbons (Fsp3) is 0.412. The van der Waals surface area contributed by atoms with Crippen molar-refractivity contribution < 1.29 is 14.3 Å². The van der Waals surface area contributed by atoms with Crippen molar-refractivity contribution in [1.82, 2.24) is 14.9 Å². The van der Waals surface area contributed by atoms with Crippen LogP contribution in [0.4, 0.5) is 0 Å². The van der Waals surface area contributed by atoms with E-state index in [9.17, 15) is 4.79 Å². The number of ether oxygens (including phenoxy) is 2. The second-order valence-corrected chi connectivity index (χ2v) is 5.53. The van der Waals surface area contributed by atoms with Crippen LogP contribution < -0.4 is 10.1 Å². The maximum atomic E-state index is 12.1. The molecule has 1 fully saturated rings. The molecule has 1 amide bonds. The summed E-state index contributed by atoms with van der Waals surface area (Å²) in [5.74, 6) is 0.672. The van der Waals surface area contributed by atoms with E-state index in [0.717, 1.165) is 25.2 Å². The molecule has 1 atom stereocenters. The molecule has 23 heavy (non-hydrogen) atoms. The van der Waals surface area contributed by atoms with Crippen LogP contribution in [0.15, 0.2) is 43.0 Å². The van der Waals surface area contributed by atoms with E-state index < -0.39 is 0 Å². The Balaban J connectivity index is 1.43. The summed E-state index contributed by atoms with van der Waals surface area (Å²) < 4.78 is 13.1. The highest BCUT2D eigenvalue weighted by Gasteiger charge is 2.16. The average Bonchev–Trinajstić information content (AvgIpc) is 3.27. The molecule has 1 aromatic heterocycles. The standard InChI is InChI=1S/C17H21N3O3/c21-17(19-8-10-20-9-7-18-13-20)14-3-5-15(6-4-14)23-12-16-2-1-11-22-16/h3-7,9,13,16H,1-2,8,10-12H2,(H,19,21). The van der Waals surface area contributed by atoms with Gasteiger partial charge in [0.2, 0.25) is 0 Å². The van der Waals surface area contributed by atoms with Gasteiger partial charge in [-0.25, -0.2) is 4.98 Å². The van der Waals surface area contributed by atoms with Crippen molar-refractivity contribution in [2.45, 2.75) is 25.5 Å². The first-order valence-corrected chi connectivity index (χ1v) is 7.90. The van der Waals surface area contributed by atoms with Gasteiger partial charge in [-0.3, -0.25) is 4.79 Å². The molecule has 2 heterocycles. The Bertz CT molecular complexity index is 605. The van der Waals surface area contributed by atoms with E-state index in [4.69, 9.17) is 9.47 Å². The van der Waals surface area contributed by atoms with Crippen LogP contribution in [0.1, 0.15) is 23.2 Å². The SMILES string of the molecule is O=C(NCCn1ccnc1)c1ccc(OCC2CCCO2)cc1. The largest absolute Gasteiger partial charge is 0.491 e. The van der Waals surface area contributed by atoms with Crippen molar-refractivity contribution in [2.24, 2.45) is 0 Å². The first-order chi connectivity index (χ1) is 11.3. The maximum absolute atomic E-state index is 12.1. The highest BCUT2D eigenvalue weighted by molar-refractivity contribution is 5.94. The van der Waals surface area contributed by atoms with Gasteiger partial charge in [-0.15, -0.1) is 0 Å². The number of imidazole rings is 1. The summed E-state index contributed by atoms with van der Waals surface area (Å²) in [5.41, 5.74) is 0.625. The predicted octanol–water partition coefficient (Wildman–Crippen LogP) is 1.87. The normalized spacial score (nSPS) is 17.1. The van der Waals surface area contributed by atoms with Gasteiger partial charge in [-0.2, -0.15) is 0 Å². The molecule has 0 spiro atoms. The molecule has 1 aliphatic rings. The lowest BCUT2D eigenvalue weighted by molar-refractivity contribution is 0.0679. The van der Waals surface area contributed by atoms with Crippen molar-refractivity contribution in [1.29, 1.82) is 0 Å². The number of amides is 1. The highest BCUT2D eigenvalue weighted by Crippen LogP contribution is 2.16. The molecule has 0 saturated carbocycles. The van der Waals surface area contributed by atoms with Gasteiger partial charge in [-0.1, -0.05) is 0 Å². The van der Waals surface area contributed by atoms with Gasteiger partial charge in [0.25, 0.3) is 5.91 Å². The number of benzene rings is 1. The Kier molecular flexibility index (Phi) is 5.26. The first kappa shape index (κ1) is 15.6. The summed E-state index contributed by atoms with van der Waals surface area (Å²) in [5, 5.41) is 2.89. The number of carbonyl (C=O) groups is 1. The molecule has 0 bridgehead atoms. The molecular weight excluding hydrogens is 294 g/mol. The summed E-state index contributed by atoms with van der Waals surface area (Å²) in [6.07, 6.45) is 7.67. The van der Waals surface area contributed by atoms with Gasteiger partial charge >= 0.3 is 0 Å². The lowest BCUT2D eigenvalue weighted by Gasteiger charge is -2.12. The zero-order chi connectivity index (χ0) is 15.9. The van der Waals surface area contributed by atoms with Crippen LogP contribution in [0.3, 0.4) is 0 Å². The van der Waals surface area contributed by atoms with Crippen LogP contribution in [0.25, 0.3) is 0 Å². The zero-order valence-electron chi connectivity index (χ0n) is 13.0. The summed E-state index contributed by atoms with van der Waals surface area (Å²) >= 11 is 0. The molecule has 1 aliphatic heterocycles. The molecule has 1 N–H and O–H groups in total. The van der Waals surface area contributed by atoms with Gasteiger partial charge in [0, 0.05) is 37.7 Å². The Labute approximate surface area is 135 Å². The number of aromatic nitrogens is 2. The number of rotatable bonds is 7. The number of carbonyl (C=O) groups excluding carboxylic acids is 1. The minimum atomic E-state index is -0.0872. The maximum Gasteiger partial charge on any atom is 0.251 e. The third-order valence-corrected chi connectivity index (χ3v) is 3.79. The van der Waals surface area contributed by atoms with Crippen molar-refractivity contribution in [3.8, 4) is 5.75 Å². The molecular formula is C17H21N3O3. The monoisotopic (exact) mass is 315 g/mol. The Morgan fingerprint density at radius 1 is 1.39 bits per heavy atom. The zero-order valence-corrected chi connectivity index (χ0v) is 13.0. The van der Waals surface area contributed by atoms with Crippen LogP contribution in [0, 0.1) is 0 Å². The van der Waals surface area contributed by atoms with Crippen molar-refractivity contribution in [3.63, 3.8) is 0 Å². The topological polar surface area (TPSA) is 65.4 Å². The quantitative estimate of drug-likeness (QED) is 0.847. The summed E-state index contributed by atoms with van der Waals surface area (Å²) in [4.78, 5) is 16.0. The van der Waals surface area contributed by atoms with E-state index in [1.165, 1.54) is 0 Å². The Hall–Kier alpha value is -2.34. The fourth-order valence-electron chi connectivity index (χ4n) is 2.49. The Morgan fingerprint density at radius 3 is 2.96 bits per heavy atom. The van der Waals surface area contributed by atoms with Gasteiger partial charge in [0.1, 0.15) is 12.4 Å². The number of hydrogen-bond acceptors (Lipinski definition) is 4. The van der Waals surface area contributed by atoms with Gasteiger partial charge < -0.3 is 19.4 Å². The van der Waals surface area contributed by atoms with Crippen molar-refractivity contribution in [2.75, 3.05) is 19.8 Å². The van der Waals surface area contributed by atoms with E-state index >= 15 is 0 Å². The van der Waals surface area contributed by atoms with Crippen molar-refractivity contribution >= 4 is 5.91 Å². The second-order valence-electron chi connectivity index (χ2n) is 5.53. The molecule has 6 nitrogen and oxygen atoms in total. The number of nitrogens with one attached hydrogen (secondary N) is 1. The average molecular weight is 315 g/mol. The number of hydrogen-bond donors (Lipinski definition) is 1. The first-order valence-electron chi connectivity index (χ1n) is 7.90. The highest BCUT2D eigenvalue weighted by atomic mass is 16.5. The molecule has 1 aromatic carbocycles. The van der Waals surface area contributed by atoms with Gasteiger partial charge in [0.05, 0.1) is 12.4 Å². The lowest BCUT2D eigenvalue weighted by Crippen LogP contribution is -2.26. The summed E-state index contributed by atoms with van der Waals surface area (Å²) in [6.45, 7) is 2.66. The smallest absolute Gasteiger partial charge is 0.251 e. The van der Waals surface area contributed by atoms with E-state index in [2.05, 4.69) is 10.3 Å². The van der Waals surface area contributed by atoms with Crippen LogP contribution in [-0.4, -0.2) is 41.3 Å². The molecule has 6 heteroatoms. The minimum absolute atomic E-state index is 0.0872. The molecule has 1 saturated heterocycles. The minimum Gasteiger partial charge on any atom is -0.491 e.